The van der Waals surface area contributed by atoms with Crippen LogP contribution in [0.5, 0.6) is 0 Å². The van der Waals surface area contributed by atoms with Crippen molar-refractivity contribution in [3.8, 4) is 0 Å². The molecule has 0 aliphatic heterocycles. The summed E-state index contributed by atoms with van der Waals surface area (Å²) >= 11 is 5.50. The fraction of sp³-hybridized carbons (Fsp3) is 0.875. The van der Waals surface area contributed by atoms with Gasteiger partial charge in [-0.2, -0.15) is 0 Å². The maximum atomic E-state index is 10.9. The van der Waals surface area contributed by atoms with Crippen LogP contribution in [-0.2, 0) is 4.79 Å². The van der Waals surface area contributed by atoms with Crippen LogP contribution in [0, 0.1) is 11.3 Å². The molecule has 2 heteroatoms. The quantitative estimate of drug-likeness (QED) is 0.536. The lowest BCUT2D eigenvalue weighted by molar-refractivity contribution is -0.117. The number of hydrogen-bond acceptors (Lipinski definition) is 1. The van der Waals surface area contributed by atoms with Gasteiger partial charge in [0.15, 0.2) is 0 Å². The van der Waals surface area contributed by atoms with Crippen molar-refractivity contribution in [1.29, 1.82) is 0 Å². The van der Waals surface area contributed by atoms with E-state index in [1.807, 2.05) is 0 Å². The molecule has 0 N–H and O–H groups in total. The molecule has 2 atom stereocenters. The van der Waals surface area contributed by atoms with Crippen molar-refractivity contribution >= 4 is 16.8 Å². The molecule has 2 saturated carbocycles. The summed E-state index contributed by atoms with van der Waals surface area (Å²) in [5.41, 5.74) is -0.0280. The van der Waals surface area contributed by atoms with E-state index in [4.69, 9.17) is 11.6 Å². The van der Waals surface area contributed by atoms with Crippen LogP contribution in [0.2, 0.25) is 0 Å². The molecule has 2 aliphatic carbocycles. The second-order valence-electron chi connectivity index (χ2n) is 3.58. The van der Waals surface area contributed by atoms with E-state index in [1.165, 1.54) is 19.3 Å². The Morgan fingerprint density at radius 3 is 2.80 bits per heavy atom. The summed E-state index contributed by atoms with van der Waals surface area (Å²) in [5.74, 6) is 0.659. The zero-order chi connectivity index (χ0) is 7.19. The van der Waals surface area contributed by atoms with Crippen LogP contribution in [0.15, 0.2) is 0 Å². The number of rotatable bonds is 1. The molecule has 1 nitrogen and oxygen atoms in total. The number of hydrogen-bond donors (Lipinski definition) is 0. The molecule has 2 aliphatic rings. The Morgan fingerprint density at radius 2 is 2.30 bits per heavy atom. The van der Waals surface area contributed by atoms with Gasteiger partial charge in [0, 0.05) is 5.41 Å². The normalized spacial score (nSPS) is 44.3. The monoisotopic (exact) mass is 158 g/mol. The molecular weight excluding hydrogens is 148 g/mol. The number of carbonyl (C=O) groups excluding carboxylic acids is 1. The predicted molar refractivity (Wildman–Crippen MR) is 39.9 cm³/mol. The number of fused-ring (bicyclic) bond motifs is 1. The van der Waals surface area contributed by atoms with Gasteiger partial charge in [0.25, 0.3) is 0 Å². The van der Waals surface area contributed by atoms with Crippen LogP contribution >= 0.6 is 11.6 Å². The lowest BCUT2D eigenvalue weighted by atomic mass is 9.90. The summed E-state index contributed by atoms with van der Waals surface area (Å²) in [6.45, 7) is 0. The zero-order valence-electron chi connectivity index (χ0n) is 5.90. The fourth-order valence-corrected chi connectivity index (χ4v) is 2.56. The summed E-state index contributed by atoms with van der Waals surface area (Å²) in [6, 6.07) is 0. The smallest absolute Gasteiger partial charge is 0.228 e. The van der Waals surface area contributed by atoms with Gasteiger partial charge in [-0.3, -0.25) is 4.79 Å². The summed E-state index contributed by atoms with van der Waals surface area (Å²) < 4.78 is 0. The summed E-state index contributed by atoms with van der Waals surface area (Å²) in [5, 5.41) is -0.0720. The molecule has 0 saturated heterocycles. The van der Waals surface area contributed by atoms with Crippen LogP contribution in [-0.4, -0.2) is 5.24 Å². The lowest BCUT2D eigenvalue weighted by Crippen LogP contribution is -2.15. The number of carbonyl (C=O) groups is 1. The molecule has 0 aromatic heterocycles. The van der Waals surface area contributed by atoms with E-state index < -0.39 is 0 Å². The third-order valence-electron chi connectivity index (χ3n) is 3.05. The van der Waals surface area contributed by atoms with Crippen molar-refractivity contribution in [3.63, 3.8) is 0 Å². The van der Waals surface area contributed by atoms with Crippen molar-refractivity contribution in [2.24, 2.45) is 11.3 Å². The van der Waals surface area contributed by atoms with Crippen molar-refractivity contribution in [2.75, 3.05) is 0 Å². The van der Waals surface area contributed by atoms with E-state index >= 15 is 0 Å². The van der Waals surface area contributed by atoms with E-state index in [9.17, 15) is 4.79 Å². The third-order valence-corrected chi connectivity index (χ3v) is 3.43. The summed E-state index contributed by atoms with van der Waals surface area (Å²) in [6.07, 6.45) is 5.87. The van der Waals surface area contributed by atoms with Gasteiger partial charge in [0.05, 0.1) is 0 Å². The van der Waals surface area contributed by atoms with Crippen LogP contribution < -0.4 is 0 Å². The standard InChI is InChI=1S/C8H11ClO/c9-7(10)8-4-2-1-3-6(8)5-8/h6H,1-5H2/t6-,8-/m1/s1. The van der Waals surface area contributed by atoms with Gasteiger partial charge in [-0.25, -0.2) is 0 Å². The predicted octanol–water partition coefficient (Wildman–Crippen LogP) is 2.33. The first-order chi connectivity index (χ1) is 4.76. The Kier molecular flexibility index (Phi) is 1.31. The highest BCUT2D eigenvalue weighted by atomic mass is 35.5. The SMILES string of the molecule is O=C(Cl)[C@@]12CCCC[C@@H]1C2. The molecule has 0 spiro atoms. The van der Waals surface area contributed by atoms with E-state index in [1.54, 1.807) is 0 Å². The van der Waals surface area contributed by atoms with Gasteiger partial charge in [0.2, 0.25) is 5.24 Å². The van der Waals surface area contributed by atoms with Gasteiger partial charge in [-0.05, 0) is 36.8 Å². The maximum Gasteiger partial charge on any atom is 0.228 e. The van der Waals surface area contributed by atoms with Crippen molar-refractivity contribution in [3.05, 3.63) is 0 Å². The molecule has 0 radical (unpaired) electrons. The summed E-state index contributed by atoms with van der Waals surface area (Å²) in [4.78, 5) is 10.9. The molecule has 0 aromatic carbocycles. The molecule has 0 heterocycles. The first-order valence-corrected chi connectivity index (χ1v) is 4.33. The van der Waals surface area contributed by atoms with Gasteiger partial charge < -0.3 is 0 Å². The molecule has 0 unspecified atom stereocenters. The maximum absolute atomic E-state index is 10.9. The Labute approximate surface area is 65.7 Å². The van der Waals surface area contributed by atoms with E-state index in [0.29, 0.717) is 5.92 Å². The van der Waals surface area contributed by atoms with Gasteiger partial charge in [0.1, 0.15) is 0 Å². The largest absolute Gasteiger partial charge is 0.281 e. The second-order valence-corrected chi connectivity index (χ2v) is 3.92. The van der Waals surface area contributed by atoms with Gasteiger partial charge in [-0.1, -0.05) is 12.8 Å². The summed E-state index contributed by atoms with van der Waals surface area (Å²) in [7, 11) is 0. The zero-order valence-corrected chi connectivity index (χ0v) is 6.66. The van der Waals surface area contributed by atoms with Gasteiger partial charge in [-0.15, -0.1) is 0 Å². The molecule has 2 rings (SSSR count). The molecule has 10 heavy (non-hydrogen) atoms. The molecular formula is C8H11ClO. The second kappa shape index (κ2) is 1.97. The molecule has 56 valence electrons. The first-order valence-electron chi connectivity index (χ1n) is 3.96. The van der Waals surface area contributed by atoms with E-state index in [2.05, 4.69) is 0 Å². The van der Waals surface area contributed by atoms with Crippen molar-refractivity contribution in [1.82, 2.24) is 0 Å². The van der Waals surface area contributed by atoms with Crippen LogP contribution in [0.3, 0.4) is 0 Å². The lowest BCUT2D eigenvalue weighted by Gasteiger charge is -2.16. The van der Waals surface area contributed by atoms with Crippen molar-refractivity contribution < 1.29 is 4.79 Å². The minimum Gasteiger partial charge on any atom is -0.281 e. The van der Waals surface area contributed by atoms with E-state index in [-0.39, 0.29) is 10.7 Å². The van der Waals surface area contributed by atoms with E-state index in [0.717, 1.165) is 12.8 Å². The van der Waals surface area contributed by atoms with Crippen LogP contribution in [0.25, 0.3) is 0 Å². The molecule has 0 amide bonds. The Morgan fingerprint density at radius 1 is 1.50 bits per heavy atom. The average molecular weight is 159 g/mol. The molecule has 0 bridgehead atoms. The van der Waals surface area contributed by atoms with Crippen molar-refractivity contribution in [2.45, 2.75) is 32.1 Å². The molecule has 2 fully saturated rings. The molecule has 0 aromatic rings. The highest BCUT2D eigenvalue weighted by Crippen LogP contribution is 2.62. The van der Waals surface area contributed by atoms with Crippen LogP contribution in [0.1, 0.15) is 32.1 Å². The fourth-order valence-electron chi connectivity index (χ4n) is 2.24. The Bertz CT molecular complexity index is 178. The topological polar surface area (TPSA) is 17.1 Å². The Hall–Kier alpha value is -0.0400. The first kappa shape index (κ1) is 6.66. The Balaban J connectivity index is 2.12. The number of halogens is 1. The highest BCUT2D eigenvalue weighted by Gasteiger charge is 2.59. The average Bonchev–Trinajstić information content (AvgIpc) is 2.61. The third kappa shape index (κ3) is 0.731. The highest BCUT2D eigenvalue weighted by molar-refractivity contribution is 6.65. The van der Waals surface area contributed by atoms with Crippen LogP contribution in [0.4, 0.5) is 0 Å². The van der Waals surface area contributed by atoms with Gasteiger partial charge >= 0.3 is 0 Å². The minimum absolute atomic E-state index is 0.0280. The minimum atomic E-state index is -0.0720.